The molecule has 0 aliphatic carbocycles. The Labute approximate surface area is 107 Å². The van der Waals surface area contributed by atoms with Crippen LogP contribution in [-0.2, 0) is 0 Å². The van der Waals surface area contributed by atoms with Gasteiger partial charge in [0.2, 0.25) is 0 Å². The van der Waals surface area contributed by atoms with Crippen molar-refractivity contribution in [3.63, 3.8) is 0 Å². The van der Waals surface area contributed by atoms with Crippen molar-refractivity contribution < 1.29 is 19.4 Å². The molecule has 0 saturated heterocycles. The van der Waals surface area contributed by atoms with Crippen LogP contribution in [0.2, 0.25) is 0 Å². The molecule has 0 heterocycles. The molecule has 2 rings (SSSR count). The van der Waals surface area contributed by atoms with Gasteiger partial charge in [0.15, 0.2) is 5.75 Å². The first-order valence-electron chi connectivity index (χ1n) is 5.08. The van der Waals surface area contributed by atoms with Gasteiger partial charge < -0.3 is 14.6 Å². The molecule has 0 bridgehead atoms. The topological polar surface area (TPSA) is 103 Å². The molecule has 0 aliphatic heterocycles. The van der Waals surface area contributed by atoms with Gasteiger partial charge in [-0.2, -0.15) is 0 Å². The van der Waals surface area contributed by atoms with Crippen LogP contribution in [0.1, 0.15) is 10.4 Å². The zero-order valence-electron chi connectivity index (χ0n) is 9.45. The summed E-state index contributed by atoms with van der Waals surface area (Å²) in [5.41, 5.74) is -0.136. The highest BCUT2D eigenvalue weighted by atomic mass is 16.5. The number of benzene rings is 2. The molecule has 1 N–H and O–H groups in total. The van der Waals surface area contributed by atoms with E-state index in [2.05, 4.69) is 9.47 Å². The molecular weight excluding hydrogens is 248 g/mol. The maximum atomic E-state index is 11.1. The standard InChI is InChI=1S/C13H6N2O4/c14-6-18-10-2-1-8-5-12(19-7-15)11(13(16)17)4-9(8)3-10/h1-5H,(H,16,17). The van der Waals surface area contributed by atoms with Crippen LogP contribution in [0.4, 0.5) is 0 Å². The molecule has 0 atom stereocenters. The Kier molecular flexibility index (Phi) is 3.18. The number of hydrogen-bond acceptors (Lipinski definition) is 5. The third kappa shape index (κ3) is 2.38. The molecule has 19 heavy (non-hydrogen) atoms. The highest BCUT2D eigenvalue weighted by Gasteiger charge is 2.13. The lowest BCUT2D eigenvalue weighted by Crippen LogP contribution is -2.00. The summed E-state index contributed by atoms with van der Waals surface area (Å²) in [4.78, 5) is 11.1. The van der Waals surface area contributed by atoms with Gasteiger partial charge in [-0.15, -0.1) is 10.5 Å². The number of carboxylic acid groups (broad SMARTS) is 1. The molecule has 92 valence electrons. The Morgan fingerprint density at radius 3 is 2.42 bits per heavy atom. The molecular formula is C13H6N2O4. The molecule has 0 fully saturated rings. The van der Waals surface area contributed by atoms with E-state index in [1.807, 2.05) is 0 Å². The van der Waals surface area contributed by atoms with Gasteiger partial charge in [0.1, 0.15) is 11.3 Å². The van der Waals surface area contributed by atoms with Crippen molar-refractivity contribution >= 4 is 16.7 Å². The van der Waals surface area contributed by atoms with E-state index in [0.29, 0.717) is 16.5 Å². The van der Waals surface area contributed by atoms with Crippen molar-refractivity contribution in [1.29, 1.82) is 10.5 Å². The Hall–Kier alpha value is -3.25. The van der Waals surface area contributed by atoms with Gasteiger partial charge in [0.05, 0.1) is 0 Å². The monoisotopic (exact) mass is 254 g/mol. The van der Waals surface area contributed by atoms with Crippen molar-refractivity contribution in [1.82, 2.24) is 0 Å². The zero-order valence-corrected chi connectivity index (χ0v) is 9.45. The molecule has 2 aromatic rings. The van der Waals surface area contributed by atoms with Crippen LogP contribution in [0.5, 0.6) is 11.5 Å². The van der Waals surface area contributed by atoms with Crippen molar-refractivity contribution in [2.45, 2.75) is 0 Å². The molecule has 0 amide bonds. The first-order chi connectivity index (χ1) is 9.15. The minimum Gasteiger partial charge on any atom is -0.478 e. The van der Waals surface area contributed by atoms with E-state index in [0.717, 1.165) is 0 Å². The normalized spacial score (nSPS) is 9.37. The molecule has 6 heteroatoms. The Balaban J connectivity index is 2.64. The predicted octanol–water partition coefficient (Wildman–Crippen LogP) is 2.26. The first-order valence-corrected chi connectivity index (χ1v) is 5.08. The summed E-state index contributed by atoms with van der Waals surface area (Å²) >= 11 is 0. The van der Waals surface area contributed by atoms with E-state index < -0.39 is 5.97 Å². The van der Waals surface area contributed by atoms with Gasteiger partial charge in [-0.3, -0.25) is 0 Å². The number of ether oxygens (including phenoxy) is 2. The van der Waals surface area contributed by atoms with Crippen LogP contribution < -0.4 is 9.47 Å². The fraction of sp³-hybridized carbons (Fsp3) is 0. The summed E-state index contributed by atoms with van der Waals surface area (Å²) in [6.45, 7) is 0. The summed E-state index contributed by atoms with van der Waals surface area (Å²) in [6.07, 6.45) is 2.98. The number of carboxylic acids is 1. The minimum atomic E-state index is -1.21. The van der Waals surface area contributed by atoms with Gasteiger partial charge in [-0.05, 0) is 35.0 Å². The van der Waals surface area contributed by atoms with Gasteiger partial charge in [-0.25, -0.2) is 4.79 Å². The van der Waals surface area contributed by atoms with Gasteiger partial charge in [0, 0.05) is 0 Å². The second-order valence-corrected chi connectivity index (χ2v) is 3.55. The lowest BCUT2D eigenvalue weighted by molar-refractivity contribution is 0.0694. The van der Waals surface area contributed by atoms with E-state index in [4.69, 9.17) is 15.6 Å². The first kappa shape index (κ1) is 12.2. The van der Waals surface area contributed by atoms with E-state index >= 15 is 0 Å². The molecule has 0 aliphatic rings. The van der Waals surface area contributed by atoms with Crippen molar-refractivity contribution in [2.75, 3.05) is 0 Å². The lowest BCUT2D eigenvalue weighted by atomic mass is 10.1. The quantitative estimate of drug-likeness (QED) is 0.842. The third-order valence-corrected chi connectivity index (χ3v) is 2.46. The maximum Gasteiger partial charge on any atom is 0.339 e. The SMILES string of the molecule is N#COc1ccc2cc(OC#N)c(C(=O)O)cc2c1. The average molecular weight is 254 g/mol. The minimum absolute atomic E-state index is 0.0311. The Morgan fingerprint density at radius 1 is 1.05 bits per heavy atom. The van der Waals surface area contributed by atoms with Gasteiger partial charge >= 0.3 is 5.97 Å². The lowest BCUT2D eigenvalue weighted by Gasteiger charge is -2.06. The number of nitrogens with zero attached hydrogens (tertiary/aromatic N) is 2. The summed E-state index contributed by atoms with van der Waals surface area (Å²) in [5.74, 6) is -0.935. The van der Waals surface area contributed by atoms with Crippen LogP contribution in [0.25, 0.3) is 10.8 Å². The molecule has 6 nitrogen and oxygen atoms in total. The number of fused-ring (bicyclic) bond motifs is 1. The fourth-order valence-electron chi connectivity index (χ4n) is 1.67. The Bertz CT molecular complexity index is 741. The maximum absolute atomic E-state index is 11.1. The average Bonchev–Trinajstić information content (AvgIpc) is 2.38. The fourth-order valence-corrected chi connectivity index (χ4v) is 1.67. The number of carbonyl (C=O) groups is 1. The highest BCUT2D eigenvalue weighted by Crippen LogP contribution is 2.28. The highest BCUT2D eigenvalue weighted by molar-refractivity contribution is 5.98. The molecule has 0 aromatic heterocycles. The largest absolute Gasteiger partial charge is 0.478 e. The molecule has 0 spiro atoms. The summed E-state index contributed by atoms with van der Waals surface area (Å²) in [5, 5.41) is 27.2. The van der Waals surface area contributed by atoms with Crippen LogP contribution in [0.15, 0.2) is 30.3 Å². The number of hydrogen-bond donors (Lipinski definition) is 1. The molecule has 0 unspecified atom stereocenters. The summed E-state index contributed by atoms with van der Waals surface area (Å²) in [6, 6.07) is 7.52. The van der Waals surface area contributed by atoms with Crippen LogP contribution >= 0.6 is 0 Å². The van der Waals surface area contributed by atoms with Gasteiger partial charge in [0.25, 0.3) is 12.5 Å². The van der Waals surface area contributed by atoms with Gasteiger partial charge in [-0.1, -0.05) is 6.07 Å². The third-order valence-electron chi connectivity index (χ3n) is 2.46. The molecule has 0 saturated carbocycles. The molecule has 0 radical (unpaired) electrons. The number of aromatic carboxylic acids is 1. The summed E-state index contributed by atoms with van der Waals surface area (Å²) < 4.78 is 9.29. The van der Waals surface area contributed by atoms with E-state index in [9.17, 15) is 4.79 Å². The number of rotatable bonds is 3. The number of nitriles is 2. The van der Waals surface area contributed by atoms with Crippen LogP contribution in [-0.4, -0.2) is 11.1 Å². The van der Waals surface area contributed by atoms with Crippen molar-refractivity contribution in [2.24, 2.45) is 0 Å². The van der Waals surface area contributed by atoms with E-state index in [1.165, 1.54) is 30.7 Å². The van der Waals surface area contributed by atoms with E-state index in [1.54, 1.807) is 12.1 Å². The van der Waals surface area contributed by atoms with Crippen LogP contribution in [0.3, 0.4) is 0 Å². The van der Waals surface area contributed by atoms with Crippen molar-refractivity contribution in [3.8, 4) is 24.0 Å². The smallest absolute Gasteiger partial charge is 0.339 e. The second kappa shape index (κ2) is 4.94. The van der Waals surface area contributed by atoms with Crippen LogP contribution in [0, 0.1) is 23.0 Å². The van der Waals surface area contributed by atoms with Crippen molar-refractivity contribution in [3.05, 3.63) is 35.9 Å². The predicted molar refractivity (Wildman–Crippen MR) is 63.4 cm³/mol. The Morgan fingerprint density at radius 2 is 1.79 bits per heavy atom. The zero-order chi connectivity index (χ0) is 13.8. The molecule has 2 aromatic carbocycles. The summed E-state index contributed by atoms with van der Waals surface area (Å²) in [7, 11) is 0. The second-order valence-electron chi connectivity index (χ2n) is 3.55. The van der Waals surface area contributed by atoms with E-state index in [-0.39, 0.29) is 11.3 Å².